The average Bonchev–Trinajstić information content (AvgIpc) is 2.85. The van der Waals surface area contributed by atoms with Crippen molar-refractivity contribution in [2.75, 3.05) is 20.1 Å². The quantitative estimate of drug-likeness (QED) is 0.900. The summed E-state index contributed by atoms with van der Waals surface area (Å²) in [6.45, 7) is 6.95. The van der Waals surface area contributed by atoms with Gasteiger partial charge in [0.15, 0.2) is 0 Å². The average molecular weight is 278 g/mol. The van der Waals surface area contributed by atoms with Gasteiger partial charge in [-0.1, -0.05) is 6.92 Å². The van der Waals surface area contributed by atoms with Gasteiger partial charge in [-0.3, -0.25) is 4.79 Å². The molecule has 1 N–H and O–H groups in total. The van der Waals surface area contributed by atoms with Gasteiger partial charge in [0.25, 0.3) is 0 Å². The van der Waals surface area contributed by atoms with Crippen molar-refractivity contribution < 1.29 is 9.21 Å². The highest BCUT2D eigenvalue weighted by Crippen LogP contribution is 2.23. The molecule has 20 heavy (non-hydrogen) atoms. The van der Waals surface area contributed by atoms with Crippen LogP contribution in [-0.2, 0) is 11.3 Å². The Hall–Kier alpha value is -1.29. The Labute approximate surface area is 121 Å². The molecule has 0 spiro atoms. The lowest BCUT2D eigenvalue weighted by molar-refractivity contribution is -0.131. The number of hydrogen-bond acceptors (Lipinski definition) is 3. The Bertz CT molecular complexity index is 435. The summed E-state index contributed by atoms with van der Waals surface area (Å²) in [4.78, 5) is 14.1. The summed E-state index contributed by atoms with van der Waals surface area (Å²) in [6, 6.07) is 1.94. The van der Waals surface area contributed by atoms with Gasteiger partial charge in [-0.05, 0) is 50.8 Å². The highest BCUT2D eigenvalue weighted by molar-refractivity contribution is 5.76. The van der Waals surface area contributed by atoms with E-state index in [1.165, 1.54) is 12.8 Å². The molecule has 0 aliphatic carbocycles. The fourth-order valence-electron chi connectivity index (χ4n) is 2.88. The molecule has 2 atom stereocenters. The second-order valence-electron chi connectivity index (χ2n) is 6.04. The second-order valence-corrected chi connectivity index (χ2v) is 6.04. The zero-order valence-corrected chi connectivity index (χ0v) is 12.8. The Morgan fingerprint density at radius 3 is 3.00 bits per heavy atom. The van der Waals surface area contributed by atoms with Gasteiger partial charge in [-0.25, -0.2) is 0 Å². The van der Waals surface area contributed by atoms with Crippen molar-refractivity contribution in [1.82, 2.24) is 10.2 Å². The number of nitrogens with zero attached hydrogens (tertiary/aromatic N) is 1. The molecule has 4 heteroatoms. The molecule has 1 aliphatic rings. The molecule has 1 aromatic heterocycles. The zero-order valence-electron chi connectivity index (χ0n) is 12.8. The summed E-state index contributed by atoms with van der Waals surface area (Å²) >= 11 is 0. The molecule has 2 rings (SSSR count). The SMILES string of the molecule is Cc1occc1CN(C)C(=O)CC(C)C1CCCNC1. The maximum atomic E-state index is 12.3. The minimum atomic E-state index is 0.226. The Balaban J connectivity index is 1.82. The van der Waals surface area contributed by atoms with Crippen LogP contribution in [0.25, 0.3) is 0 Å². The van der Waals surface area contributed by atoms with Crippen molar-refractivity contribution >= 4 is 5.91 Å². The van der Waals surface area contributed by atoms with Crippen molar-refractivity contribution in [2.45, 2.75) is 39.7 Å². The number of aryl methyl sites for hydroxylation is 1. The van der Waals surface area contributed by atoms with E-state index in [-0.39, 0.29) is 5.91 Å². The van der Waals surface area contributed by atoms with Crippen LogP contribution in [0.3, 0.4) is 0 Å². The van der Waals surface area contributed by atoms with Gasteiger partial charge >= 0.3 is 0 Å². The lowest BCUT2D eigenvalue weighted by Gasteiger charge is -2.29. The predicted molar refractivity (Wildman–Crippen MR) is 79.3 cm³/mol. The molecule has 112 valence electrons. The van der Waals surface area contributed by atoms with E-state index in [4.69, 9.17) is 4.42 Å². The number of nitrogens with one attached hydrogen (secondary N) is 1. The van der Waals surface area contributed by atoms with E-state index in [0.717, 1.165) is 24.4 Å². The largest absolute Gasteiger partial charge is 0.469 e. The number of carbonyl (C=O) groups is 1. The maximum absolute atomic E-state index is 12.3. The summed E-state index contributed by atoms with van der Waals surface area (Å²) in [5.41, 5.74) is 1.09. The molecule has 0 radical (unpaired) electrons. The summed E-state index contributed by atoms with van der Waals surface area (Å²) < 4.78 is 5.28. The first kappa shape index (κ1) is 15.1. The van der Waals surface area contributed by atoms with Crippen LogP contribution < -0.4 is 5.32 Å². The molecule has 1 fully saturated rings. The summed E-state index contributed by atoms with van der Waals surface area (Å²) in [7, 11) is 1.88. The number of hydrogen-bond donors (Lipinski definition) is 1. The number of amides is 1. The van der Waals surface area contributed by atoms with Crippen molar-refractivity contribution in [3.8, 4) is 0 Å². The van der Waals surface area contributed by atoms with Crippen LogP contribution in [0.5, 0.6) is 0 Å². The van der Waals surface area contributed by atoms with Gasteiger partial charge in [0.2, 0.25) is 5.91 Å². The summed E-state index contributed by atoms with van der Waals surface area (Å²) in [6.07, 6.45) is 4.79. The fraction of sp³-hybridized carbons (Fsp3) is 0.688. The Kier molecular flexibility index (Phi) is 5.24. The Morgan fingerprint density at radius 1 is 1.60 bits per heavy atom. The first-order valence-corrected chi connectivity index (χ1v) is 7.55. The standard InChI is InChI=1S/C16H26N2O2/c1-12(14-5-4-7-17-10-14)9-16(19)18(3)11-15-6-8-20-13(15)2/h6,8,12,14,17H,4-5,7,9-11H2,1-3H3. The number of rotatable bonds is 5. The predicted octanol–water partition coefficient (Wildman–Crippen LogP) is 2.57. The third-order valence-corrected chi connectivity index (χ3v) is 4.44. The smallest absolute Gasteiger partial charge is 0.222 e. The van der Waals surface area contributed by atoms with Crippen molar-refractivity contribution in [2.24, 2.45) is 11.8 Å². The molecule has 0 aromatic carbocycles. The van der Waals surface area contributed by atoms with E-state index in [0.29, 0.717) is 24.8 Å². The molecular weight excluding hydrogens is 252 g/mol. The van der Waals surface area contributed by atoms with Crippen LogP contribution in [-0.4, -0.2) is 30.9 Å². The van der Waals surface area contributed by atoms with Crippen LogP contribution in [0.4, 0.5) is 0 Å². The molecule has 1 saturated heterocycles. The first-order chi connectivity index (χ1) is 9.58. The van der Waals surface area contributed by atoms with Crippen LogP contribution in [0.2, 0.25) is 0 Å². The molecule has 2 heterocycles. The highest BCUT2D eigenvalue weighted by Gasteiger charge is 2.23. The third kappa shape index (κ3) is 3.85. The molecule has 4 nitrogen and oxygen atoms in total. The van der Waals surface area contributed by atoms with Crippen molar-refractivity contribution in [3.05, 3.63) is 23.7 Å². The van der Waals surface area contributed by atoms with E-state index < -0.39 is 0 Å². The minimum absolute atomic E-state index is 0.226. The van der Waals surface area contributed by atoms with Gasteiger partial charge < -0.3 is 14.6 Å². The second kappa shape index (κ2) is 6.93. The molecule has 1 aromatic rings. The van der Waals surface area contributed by atoms with Crippen molar-refractivity contribution in [3.63, 3.8) is 0 Å². The lowest BCUT2D eigenvalue weighted by atomic mass is 9.85. The topological polar surface area (TPSA) is 45.5 Å². The van der Waals surface area contributed by atoms with Crippen LogP contribution in [0, 0.1) is 18.8 Å². The number of piperidine rings is 1. The monoisotopic (exact) mass is 278 g/mol. The normalized spacial score (nSPS) is 20.6. The van der Waals surface area contributed by atoms with E-state index in [2.05, 4.69) is 12.2 Å². The van der Waals surface area contributed by atoms with E-state index in [1.54, 1.807) is 6.26 Å². The number of furan rings is 1. The molecule has 1 aliphatic heterocycles. The van der Waals surface area contributed by atoms with Gasteiger partial charge in [0, 0.05) is 25.6 Å². The fourth-order valence-corrected chi connectivity index (χ4v) is 2.88. The van der Waals surface area contributed by atoms with E-state index in [9.17, 15) is 4.79 Å². The highest BCUT2D eigenvalue weighted by atomic mass is 16.3. The van der Waals surface area contributed by atoms with Gasteiger partial charge in [0.1, 0.15) is 5.76 Å². The van der Waals surface area contributed by atoms with Crippen LogP contribution in [0.15, 0.2) is 16.7 Å². The van der Waals surface area contributed by atoms with Crippen LogP contribution >= 0.6 is 0 Å². The van der Waals surface area contributed by atoms with E-state index in [1.807, 2.05) is 24.9 Å². The Morgan fingerprint density at radius 2 is 2.40 bits per heavy atom. The van der Waals surface area contributed by atoms with E-state index >= 15 is 0 Å². The molecule has 2 unspecified atom stereocenters. The van der Waals surface area contributed by atoms with Gasteiger partial charge in [-0.2, -0.15) is 0 Å². The third-order valence-electron chi connectivity index (χ3n) is 4.44. The molecule has 1 amide bonds. The van der Waals surface area contributed by atoms with Crippen molar-refractivity contribution in [1.29, 1.82) is 0 Å². The maximum Gasteiger partial charge on any atom is 0.222 e. The van der Waals surface area contributed by atoms with Crippen LogP contribution in [0.1, 0.15) is 37.5 Å². The summed E-state index contributed by atoms with van der Waals surface area (Å²) in [5, 5.41) is 3.42. The van der Waals surface area contributed by atoms with Gasteiger partial charge in [0.05, 0.1) is 6.26 Å². The van der Waals surface area contributed by atoms with Gasteiger partial charge in [-0.15, -0.1) is 0 Å². The summed E-state index contributed by atoms with van der Waals surface area (Å²) in [5.74, 6) is 2.21. The molecular formula is C16H26N2O2. The molecule has 0 bridgehead atoms. The number of carbonyl (C=O) groups excluding carboxylic acids is 1. The molecule has 0 saturated carbocycles. The lowest BCUT2D eigenvalue weighted by Crippen LogP contribution is -2.36. The zero-order chi connectivity index (χ0) is 14.5. The first-order valence-electron chi connectivity index (χ1n) is 7.55. The minimum Gasteiger partial charge on any atom is -0.469 e.